The van der Waals surface area contributed by atoms with Crippen molar-refractivity contribution in [2.45, 2.75) is 6.92 Å². The fourth-order valence-electron chi connectivity index (χ4n) is 4.08. The Morgan fingerprint density at radius 1 is 1.11 bits per heavy atom. The van der Waals surface area contributed by atoms with Gasteiger partial charge in [0.1, 0.15) is 29.6 Å². The largest absolute Gasteiger partial charge is 0.489 e. The molecule has 0 aliphatic carbocycles. The molecule has 10 heteroatoms. The zero-order chi connectivity index (χ0) is 25.7. The molecule has 1 N–H and O–H groups in total. The zero-order valence-corrected chi connectivity index (χ0v) is 20.6. The van der Waals surface area contributed by atoms with Gasteiger partial charge in [0.2, 0.25) is 0 Å². The van der Waals surface area contributed by atoms with Crippen molar-refractivity contribution in [3.05, 3.63) is 53.7 Å². The smallest absolute Gasteiger partial charge is 0.341 e. The number of likely N-dealkylation sites (N-methyl/N-ethyl adjacent to an activating group) is 1. The maximum atomic E-state index is 14.6. The minimum absolute atomic E-state index is 0.0241. The fraction of sp³-hybridized carbons (Fsp3) is 0.385. The van der Waals surface area contributed by atoms with Crippen molar-refractivity contribution in [1.82, 2.24) is 9.88 Å². The van der Waals surface area contributed by atoms with Crippen molar-refractivity contribution in [3.63, 3.8) is 0 Å². The number of aromatic nitrogens is 1. The van der Waals surface area contributed by atoms with E-state index in [1.54, 1.807) is 20.1 Å². The highest BCUT2D eigenvalue weighted by molar-refractivity contribution is 6.07. The molecular formula is C26H30F2N4O4. The third-order valence-corrected chi connectivity index (χ3v) is 6.02. The Bertz CT molecular complexity index is 1230. The number of nitrogens with zero attached hydrogens (tertiary/aromatic N) is 3. The van der Waals surface area contributed by atoms with Crippen molar-refractivity contribution in [1.29, 1.82) is 0 Å². The average Bonchev–Trinajstić information content (AvgIpc) is 2.86. The quantitative estimate of drug-likeness (QED) is 0.346. The summed E-state index contributed by atoms with van der Waals surface area (Å²) in [5.74, 6) is -1.44. The summed E-state index contributed by atoms with van der Waals surface area (Å²) in [6.45, 7) is 5.97. The molecule has 0 amide bonds. The minimum Gasteiger partial charge on any atom is -0.489 e. The van der Waals surface area contributed by atoms with Crippen LogP contribution >= 0.6 is 0 Å². The van der Waals surface area contributed by atoms with Crippen LogP contribution in [0.3, 0.4) is 0 Å². The summed E-state index contributed by atoms with van der Waals surface area (Å²) in [7, 11) is 3.68. The summed E-state index contributed by atoms with van der Waals surface area (Å²) in [5, 5.41) is 3.57. The van der Waals surface area contributed by atoms with Crippen LogP contribution < -0.4 is 15.0 Å². The van der Waals surface area contributed by atoms with Gasteiger partial charge in [-0.1, -0.05) is 0 Å². The number of methoxy groups -OCH3 is 1. The Morgan fingerprint density at radius 2 is 1.89 bits per heavy atom. The highest BCUT2D eigenvalue weighted by Crippen LogP contribution is 2.39. The Morgan fingerprint density at radius 3 is 2.58 bits per heavy atom. The van der Waals surface area contributed by atoms with Crippen LogP contribution in [0, 0.1) is 11.6 Å². The number of benzene rings is 2. The predicted octanol–water partition coefficient (Wildman–Crippen LogP) is 4.21. The number of pyridine rings is 1. The van der Waals surface area contributed by atoms with Crippen LogP contribution in [-0.4, -0.2) is 76.0 Å². The number of nitrogens with one attached hydrogen (secondary N) is 1. The van der Waals surface area contributed by atoms with Crippen molar-refractivity contribution in [2.75, 3.05) is 70.4 Å². The fourth-order valence-corrected chi connectivity index (χ4v) is 4.08. The van der Waals surface area contributed by atoms with Gasteiger partial charge in [0, 0.05) is 57.0 Å². The summed E-state index contributed by atoms with van der Waals surface area (Å²) >= 11 is 0. The lowest BCUT2D eigenvalue weighted by molar-refractivity contribution is 0.0527. The van der Waals surface area contributed by atoms with Crippen LogP contribution in [0.4, 0.5) is 25.8 Å². The Labute approximate surface area is 208 Å². The molecule has 1 aromatic heterocycles. The molecule has 8 nitrogen and oxygen atoms in total. The van der Waals surface area contributed by atoms with E-state index >= 15 is 0 Å². The minimum atomic E-state index is -0.784. The first-order valence-electron chi connectivity index (χ1n) is 11.8. The lowest BCUT2D eigenvalue weighted by atomic mass is 10.1. The second kappa shape index (κ2) is 11.5. The summed E-state index contributed by atoms with van der Waals surface area (Å²) in [4.78, 5) is 21.7. The lowest BCUT2D eigenvalue weighted by Gasteiger charge is -2.35. The molecule has 0 atom stereocenters. The number of fused-ring (bicyclic) bond motifs is 1. The van der Waals surface area contributed by atoms with Gasteiger partial charge >= 0.3 is 5.97 Å². The molecule has 192 valence electrons. The molecule has 2 aromatic carbocycles. The van der Waals surface area contributed by atoms with Crippen molar-refractivity contribution < 1.29 is 27.8 Å². The third kappa shape index (κ3) is 5.66. The van der Waals surface area contributed by atoms with Crippen molar-refractivity contribution in [3.8, 4) is 5.75 Å². The summed E-state index contributed by atoms with van der Waals surface area (Å²) < 4.78 is 44.5. The van der Waals surface area contributed by atoms with Gasteiger partial charge in [-0.05, 0) is 32.2 Å². The van der Waals surface area contributed by atoms with Gasteiger partial charge in [0.05, 0.1) is 35.8 Å². The number of hydrogen-bond acceptors (Lipinski definition) is 8. The van der Waals surface area contributed by atoms with Gasteiger partial charge in [-0.25, -0.2) is 13.6 Å². The molecule has 1 fully saturated rings. The number of anilines is 3. The molecule has 0 radical (unpaired) electrons. The second-order valence-corrected chi connectivity index (χ2v) is 8.49. The van der Waals surface area contributed by atoms with Gasteiger partial charge in [-0.3, -0.25) is 4.98 Å². The average molecular weight is 501 g/mol. The van der Waals surface area contributed by atoms with Gasteiger partial charge in [-0.15, -0.1) is 0 Å². The van der Waals surface area contributed by atoms with E-state index in [-0.39, 0.29) is 17.9 Å². The molecule has 1 aliphatic rings. The van der Waals surface area contributed by atoms with Crippen molar-refractivity contribution in [2.24, 2.45) is 0 Å². The maximum absolute atomic E-state index is 14.6. The van der Waals surface area contributed by atoms with Crippen molar-refractivity contribution >= 4 is 33.9 Å². The molecule has 2 heterocycles. The number of carbonyl (C=O) groups is 1. The van der Waals surface area contributed by atoms with E-state index in [1.165, 1.54) is 12.3 Å². The van der Waals surface area contributed by atoms with Crippen LogP contribution in [0.5, 0.6) is 5.75 Å². The number of hydrogen-bond donors (Lipinski definition) is 1. The van der Waals surface area contributed by atoms with E-state index in [1.807, 2.05) is 6.07 Å². The highest BCUT2D eigenvalue weighted by atomic mass is 19.1. The zero-order valence-electron chi connectivity index (χ0n) is 20.6. The highest BCUT2D eigenvalue weighted by Gasteiger charge is 2.23. The number of rotatable bonds is 9. The van der Waals surface area contributed by atoms with E-state index in [0.29, 0.717) is 35.6 Å². The molecular weight excluding hydrogens is 470 g/mol. The first kappa shape index (κ1) is 25.6. The number of ether oxygens (including phenoxy) is 3. The molecule has 0 bridgehead atoms. The molecule has 1 saturated heterocycles. The van der Waals surface area contributed by atoms with Crippen LogP contribution in [0.25, 0.3) is 10.9 Å². The van der Waals surface area contributed by atoms with Gasteiger partial charge in [0.25, 0.3) is 0 Å². The van der Waals surface area contributed by atoms with E-state index in [2.05, 4.69) is 27.1 Å². The Hall–Kier alpha value is -3.50. The third-order valence-electron chi connectivity index (χ3n) is 6.02. The molecule has 1 aliphatic heterocycles. The number of carbonyl (C=O) groups excluding carboxylic acids is 1. The first-order valence-corrected chi connectivity index (χ1v) is 11.8. The van der Waals surface area contributed by atoms with Gasteiger partial charge < -0.3 is 29.3 Å². The molecule has 0 saturated carbocycles. The van der Waals surface area contributed by atoms with Crippen LogP contribution in [0.15, 0.2) is 36.5 Å². The standard InChI is InChI=1S/C26H30F2N4O4/c1-4-35-26(33)19-16-29-22-15-24(36-12-11-34-3)23(32-9-7-31(2)8-10-32)14-18(22)25(19)30-21-6-5-17(27)13-20(21)28/h5-6,13-16H,4,7-12H2,1-3H3,(H,29,30). The Balaban J connectivity index is 1.87. The predicted molar refractivity (Wildman–Crippen MR) is 134 cm³/mol. The lowest BCUT2D eigenvalue weighted by Crippen LogP contribution is -2.44. The van der Waals surface area contributed by atoms with E-state index in [0.717, 1.165) is 44.0 Å². The van der Waals surface area contributed by atoms with Gasteiger partial charge in [0.15, 0.2) is 0 Å². The Kier molecular flexibility index (Phi) is 8.17. The molecule has 36 heavy (non-hydrogen) atoms. The molecule has 0 spiro atoms. The molecule has 3 aromatic rings. The maximum Gasteiger partial charge on any atom is 0.341 e. The normalized spacial score (nSPS) is 14.2. The van der Waals surface area contributed by atoms with E-state index in [4.69, 9.17) is 14.2 Å². The molecule has 0 unspecified atom stereocenters. The summed E-state index contributed by atoms with van der Waals surface area (Å²) in [5.41, 5.74) is 1.86. The van der Waals surface area contributed by atoms with Crippen LogP contribution in [0.2, 0.25) is 0 Å². The van der Waals surface area contributed by atoms with E-state index < -0.39 is 17.6 Å². The van der Waals surface area contributed by atoms with Gasteiger partial charge in [-0.2, -0.15) is 0 Å². The van der Waals surface area contributed by atoms with E-state index in [9.17, 15) is 13.6 Å². The van der Waals surface area contributed by atoms with Crippen LogP contribution in [-0.2, 0) is 9.47 Å². The van der Waals surface area contributed by atoms with Crippen LogP contribution in [0.1, 0.15) is 17.3 Å². The number of piperazine rings is 1. The SMILES string of the molecule is CCOC(=O)c1cnc2cc(OCCOC)c(N3CCN(C)CC3)cc2c1Nc1ccc(F)cc1F. The number of halogens is 2. The summed E-state index contributed by atoms with van der Waals surface area (Å²) in [6, 6.07) is 6.92. The monoisotopic (exact) mass is 500 g/mol. The second-order valence-electron chi connectivity index (χ2n) is 8.49. The topological polar surface area (TPSA) is 76.2 Å². The molecule has 4 rings (SSSR count). The first-order chi connectivity index (χ1) is 17.4. The summed E-state index contributed by atoms with van der Waals surface area (Å²) in [6.07, 6.45) is 1.39. The number of esters is 1.